The molecule has 1 atom stereocenters. The Morgan fingerprint density at radius 3 is 2.44 bits per heavy atom. The highest BCUT2D eigenvalue weighted by molar-refractivity contribution is 4.89. The van der Waals surface area contributed by atoms with Gasteiger partial charge >= 0.3 is 0 Å². The molecule has 1 aliphatic carbocycles. The van der Waals surface area contributed by atoms with Crippen LogP contribution < -0.4 is 5.32 Å². The van der Waals surface area contributed by atoms with Gasteiger partial charge in [0, 0.05) is 18.6 Å². The fourth-order valence-corrected chi connectivity index (χ4v) is 3.04. The molecule has 1 saturated heterocycles. The molecule has 0 aromatic carbocycles. The van der Waals surface area contributed by atoms with Crippen molar-refractivity contribution in [3.8, 4) is 0 Å². The van der Waals surface area contributed by atoms with Gasteiger partial charge < -0.3 is 5.32 Å². The Morgan fingerprint density at radius 2 is 1.88 bits per heavy atom. The first-order valence-corrected chi connectivity index (χ1v) is 7.27. The van der Waals surface area contributed by atoms with Crippen molar-refractivity contribution >= 4 is 0 Å². The number of rotatable bonds is 6. The summed E-state index contributed by atoms with van der Waals surface area (Å²) in [5.41, 5.74) is 0. The van der Waals surface area contributed by atoms with E-state index in [1.54, 1.807) is 0 Å². The molecule has 0 spiro atoms. The van der Waals surface area contributed by atoms with E-state index in [9.17, 15) is 0 Å². The second kappa shape index (κ2) is 6.02. The molecule has 1 unspecified atom stereocenters. The molecule has 0 amide bonds. The first kappa shape index (κ1) is 12.4. The number of nitrogens with zero attached hydrogens (tertiary/aromatic N) is 1. The average Bonchev–Trinajstić information content (AvgIpc) is 3.11. The van der Waals surface area contributed by atoms with E-state index < -0.39 is 0 Å². The number of piperidine rings is 1. The summed E-state index contributed by atoms with van der Waals surface area (Å²) >= 11 is 0. The highest BCUT2D eigenvalue weighted by Crippen LogP contribution is 2.31. The SMILES string of the molecule is CCCC(C)N(CC1CCNCC1)C1CC1. The molecular weight excluding hydrogens is 196 g/mol. The summed E-state index contributed by atoms with van der Waals surface area (Å²) in [4.78, 5) is 2.82. The second-order valence-corrected chi connectivity index (χ2v) is 5.76. The van der Waals surface area contributed by atoms with Gasteiger partial charge in [-0.15, -0.1) is 0 Å². The van der Waals surface area contributed by atoms with Crippen molar-refractivity contribution in [2.45, 2.75) is 64.5 Å². The van der Waals surface area contributed by atoms with Crippen molar-refractivity contribution in [3.05, 3.63) is 0 Å². The summed E-state index contributed by atoms with van der Waals surface area (Å²) in [7, 11) is 0. The van der Waals surface area contributed by atoms with E-state index in [1.807, 2.05) is 0 Å². The van der Waals surface area contributed by atoms with Gasteiger partial charge in [-0.3, -0.25) is 4.90 Å². The number of nitrogens with one attached hydrogen (secondary N) is 1. The van der Waals surface area contributed by atoms with Crippen LogP contribution >= 0.6 is 0 Å². The molecule has 1 saturated carbocycles. The Hall–Kier alpha value is -0.0800. The third-order valence-electron chi connectivity index (χ3n) is 4.22. The van der Waals surface area contributed by atoms with Gasteiger partial charge in [0.05, 0.1) is 0 Å². The topological polar surface area (TPSA) is 15.3 Å². The van der Waals surface area contributed by atoms with Crippen molar-refractivity contribution in [3.63, 3.8) is 0 Å². The van der Waals surface area contributed by atoms with E-state index in [1.165, 1.54) is 58.2 Å². The van der Waals surface area contributed by atoms with Crippen molar-refractivity contribution in [1.29, 1.82) is 0 Å². The highest BCUT2D eigenvalue weighted by atomic mass is 15.2. The molecule has 2 aliphatic rings. The summed E-state index contributed by atoms with van der Waals surface area (Å²) in [6.45, 7) is 8.60. The Bertz CT molecular complexity index is 195. The van der Waals surface area contributed by atoms with Gasteiger partial charge in [0.2, 0.25) is 0 Å². The van der Waals surface area contributed by atoms with Crippen molar-refractivity contribution in [2.75, 3.05) is 19.6 Å². The lowest BCUT2D eigenvalue weighted by atomic mass is 9.96. The van der Waals surface area contributed by atoms with E-state index in [0.717, 1.165) is 18.0 Å². The minimum absolute atomic E-state index is 0.812. The third kappa shape index (κ3) is 3.46. The van der Waals surface area contributed by atoms with Crippen LogP contribution in [0.15, 0.2) is 0 Å². The van der Waals surface area contributed by atoms with E-state index in [4.69, 9.17) is 0 Å². The van der Waals surface area contributed by atoms with Gasteiger partial charge in [0.1, 0.15) is 0 Å². The van der Waals surface area contributed by atoms with Gasteiger partial charge in [0.15, 0.2) is 0 Å². The first-order chi connectivity index (χ1) is 7.81. The lowest BCUT2D eigenvalue weighted by molar-refractivity contribution is 0.145. The first-order valence-electron chi connectivity index (χ1n) is 7.27. The molecule has 2 nitrogen and oxygen atoms in total. The predicted molar refractivity (Wildman–Crippen MR) is 69.7 cm³/mol. The molecule has 2 rings (SSSR count). The Labute approximate surface area is 101 Å². The quantitative estimate of drug-likeness (QED) is 0.746. The fraction of sp³-hybridized carbons (Fsp3) is 1.00. The molecule has 0 aromatic rings. The van der Waals surface area contributed by atoms with Crippen molar-refractivity contribution in [1.82, 2.24) is 10.2 Å². The zero-order valence-corrected chi connectivity index (χ0v) is 11.0. The summed E-state index contributed by atoms with van der Waals surface area (Å²) in [6, 6.07) is 1.75. The molecule has 16 heavy (non-hydrogen) atoms. The largest absolute Gasteiger partial charge is 0.317 e. The van der Waals surface area contributed by atoms with Crippen LogP contribution in [-0.2, 0) is 0 Å². The van der Waals surface area contributed by atoms with Gasteiger partial charge in [-0.25, -0.2) is 0 Å². The number of hydrogen-bond donors (Lipinski definition) is 1. The van der Waals surface area contributed by atoms with E-state index in [0.29, 0.717) is 0 Å². The second-order valence-electron chi connectivity index (χ2n) is 5.76. The van der Waals surface area contributed by atoms with Crippen LogP contribution in [0.2, 0.25) is 0 Å². The standard InChI is InChI=1S/C14H28N2/c1-3-4-12(2)16(14-5-6-14)11-13-7-9-15-10-8-13/h12-15H,3-11H2,1-2H3. The maximum absolute atomic E-state index is 3.47. The zero-order valence-electron chi connectivity index (χ0n) is 11.0. The van der Waals surface area contributed by atoms with Crippen LogP contribution in [0.3, 0.4) is 0 Å². The molecule has 2 fully saturated rings. The average molecular weight is 224 g/mol. The maximum Gasteiger partial charge on any atom is 0.00993 e. The zero-order chi connectivity index (χ0) is 11.4. The summed E-state index contributed by atoms with van der Waals surface area (Å²) < 4.78 is 0. The predicted octanol–water partition coefficient (Wildman–Crippen LogP) is 2.64. The van der Waals surface area contributed by atoms with Crippen molar-refractivity contribution in [2.24, 2.45) is 5.92 Å². The molecule has 1 N–H and O–H groups in total. The van der Waals surface area contributed by atoms with E-state index >= 15 is 0 Å². The van der Waals surface area contributed by atoms with Gasteiger partial charge in [-0.1, -0.05) is 13.3 Å². The summed E-state index contributed by atoms with van der Waals surface area (Å²) in [6.07, 6.45) is 8.40. The Balaban J connectivity index is 1.81. The van der Waals surface area contributed by atoms with Crippen LogP contribution in [0.25, 0.3) is 0 Å². The van der Waals surface area contributed by atoms with Crippen LogP contribution in [0.4, 0.5) is 0 Å². The van der Waals surface area contributed by atoms with Crippen LogP contribution in [0.5, 0.6) is 0 Å². The van der Waals surface area contributed by atoms with Crippen LogP contribution in [0, 0.1) is 5.92 Å². The number of hydrogen-bond acceptors (Lipinski definition) is 2. The molecule has 2 heteroatoms. The molecule has 94 valence electrons. The fourth-order valence-electron chi connectivity index (χ4n) is 3.04. The molecule has 1 heterocycles. The Kier molecular flexibility index (Phi) is 4.66. The normalized spacial score (nSPS) is 24.9. The van der Waals surface area contributed by atoms with Crippen LogP contribution in [-0.4, -0.2) is 36.6 Å². The van der Waals surface area contributed by atoms with Gasteiger partial charge in [-0.2, -0.15) is 0 Å². The van der Waals surface area contributed by atoms with Gasteiger partial charge in [0.25, 0.3) is 0 Å². The monoisotopic (exact) mass is 224 g/mol. The third-order valence-corrected chi connectivity index (χ3v) is 4.22. The van der Waals surface area contributed by atoms with E-state index in [2.05, 4.69) is 24.1 Å². The lowest BCUT2D eigenvalue weighted by Gasteiger charge is -2.34. The highest BCUT2D eigenvalue weighted by Gasteiger charge is 2.33. The smallest absolute Gasteiger partial charge is 0.00993 e. The molecule has 0 bridgehead atoms. The summed E-state index contributed by atoms with van der Waals surface area (Å²) in [5, 5.41) is 3.47. The molecular formula is C14H28N2. The summed E-state index contributed by atoms with van der Waals surface area (Å²) in [5.74, 6) is 0.959. The lowest BCUT2D eigenvalue weighted by Crippen LogP contribution is -2.41. The molecule has 0 radical (unpaired) electrons. The molecule has 1 aliphatic heterocycles. The maximum atomic E-state index is 3.47. The van der Waals surface area contributed by atoms with Crippen molar-refractivity contribution < 1.29 is 0 Å². The minimum Gasteiger partial charge on any atom is -0.317 e. The van der Waals surface area contributed by atoms with Gasteiger partial charge in [-0.05, 0) is 58.0 Å². The van der Waals surface area contributed by atoms with Crippen LogP contribution in [0.1, 0.15) is 52.4 Å². The Morgan fingerprint density at radius 1 is 1.19 bits per heavy atom. The minimum atomic E-state index is 0.812. The van der Waals surface area contributed by atoms with E-state index in [-0.39, 0.29) is 0 Å². The molecule has 0 aromatic heterocycles.